The minimum atomic E-state index is 0.0278. The Morgan fingerprint density at radius 1 is 1.53 bits per heavy atom. The second kappa shape index (κ2) is 7.48. The van der Waals surface area contributed by atoms with Gasteiger partial charge in [-0.2, -0.15) is 0 Å². The number of aryl methyl sites for hydroxylation is 1. The molecule has 3 heteroatoms. The van der Waals surface area contributed by atoms with Gasteiger partial charge in [-0.3, -0.25) is 4.79 Å². The lowest BCUT2D eigenvalue weighted by molar-refractivity contribution is -0.115. The van der Waals surface area contributed by atoms with Gasteiger partial charge in [-0.15, -0.1) is 6.58 Å². The summed E-state index contributed by atoms with van der Waals surface area (Å²) < 4.78 is 0.0278. The van der Waals surface area contributed by atoms with Gasteiger partial charge in [-0.05, 0) is 30.9 Å². The van der Waals surface area contributed by atoms with Gasteiger partial charge in [0.2, 0.25) is 5.91 Å². The molecule has 0 saturated carbocycles. The quantitative estimate of drug-likeness (QED) is 0.473. The first-order valence-electron chi connectivity index (χ1n) is 5.82. The largest absolute Gasteiger partial charge is 0.325 e. The lowest BCUT2D eigenvalue weighted by atomic mass is 10.1. The lowest BCUT2D eigenvalue weighted by Gasteiger charge is -2.12. The minimum absolute atomic E-state index is 0.0278. The number of halogens is 1. The van der Waals surface area contributed by atoms with E-state index in [1.54, 1.807) is 0 Å². The Kier molecular flexibility index (Phi) is 6.26. The Morgan fingerprint density at radius 3 is 2.88 bits per heavy atom. The number of carbonyl (C=O) groups excluding carboxylic acids is 1. The Hall–Kier alpha value is -0.840. The van der Waals surface area contributed by atoms with Crippen molar-refractivity contribution < 1.29 is 4.79 Å². The highest BCUT2D eigenvalue weighted by Gasteiger charge is 2.13. The molecule has 0 spiro atoms. The van der Waals surface area contributed by atoms with Gasteiger partial charge in [0.25, 0.3) is 0 Å². The number of carbonyl (C=O) groups is 1. The van der Waals surface area contributed by atoms with Gasteiger partial charge in [-0.1, -0.05) is 53.8 Å². The van der Waals surface area contributed by atoms with Crippen LogP contribution in [0, 0.1) is 0 Å². The second-order valence-electron chi connectivity index (χ2n) is 3.85. The highest BCUT2D eigenvalue weighted by Crippen LogP contribution is 2.18. The summed E-state index contributed by atoms with van der Waals surface area (Å²) in [5, 5.41) is 2.99. The smallest absolute Gasteiger partial charge is 0.237 e. The van der Waals surface area contributed by atoms with Crippen LogP contribution in [-0.2, 0) is 11.2 Å². The highest BCUT2D eigenvalue weighted by molar-refractivity contribution is 14.1. The Balaban J connectivity index is 2.75. The van der Waals surface area contributed by atoms with Crippen LogP contribution in [0.5, 0.6) is 0 Å². The molecule has 92 valence electrons. The van der Waals surface area contributed by atoms with Crippen molar-refractivity contribution in [3.63, 3.8) is 0 Å². The van der Waals surface area contributed by atoms with E-state index in [1.807, 2.05) is 37.3 Å². The maximum atomic E-state index is 11.8. The van der Waals surface area contributed by atoms with Crippen molar-refractivity contribution in [1.29, 1.82) is 0 Å². The molecule has 1 N–H and O–H groups in total. The van der Waals surface area contributed by atoms with Crippen molar-refractivity contribution in [3.05, 3.63) is 42.5 Å². The summed E-state index contributed by atoms with van der Waals surface area (Å²) in [7, 11) is 0. The van der Waals surface area contributed by atoms with Gasteiger partial charge in [0.05, 0.1) is 3.92 Å². The third-order valence-electron chi connectivity index (χ3n) is 2.54. The summed E-state index contributed by atoms with van der Waals surface area (Å²) in [6.45, 7) is 5.73. The van der Waals surface area contributed by atoms with Gasteiger partial charge < -0.3 is 5.32 Å². The van der Waals surface area contributed by atoms with Gasteiger partial charge in [0, 0.05) is 5.69 Å². The number of benzene rings is 1. The number of hydrogen-bond donors (Lipinski definition) is 1. The van der Waals surface area contributed by atoms with E-state index in [1.165, 1.54) is 5.56 Å². The van der Waals surface area contributed by atoms with Gasteiger partial charge >= 0.3 is 0 Å². The van der Waals surface area contributed by atoms with E-state index in [2.05, 4.69) is 34.5 Å². The van der Waals surface area contributed by atoms with Gasteiger partial charge in [0.1, 0.15) is 0 Å². The summed E-state index contributed by atoms with van der Waals surface area (Å²) in [5.74, 6) is 0.0825. The molecule has 0 aliphatic heterocycles. The van der Waals surface area contributed by atoms with Crippen LogP contribution in [0.4, 0.5) is 5.69 Å². The summed E-state index contributed by atoms with van der Waals surface area (Å²) in [5.41, 5.74) is 2.09. The molecule has 0 aliphatic carbocycles. The van der Waals surface area contributed by atoms with Crippen molar-refractivity contribution in [2.75, 3.05) is 5.32 Å². The van der Waals surface area contributed by atoms with E-state index in [9.17, 15) is 4.79 Å². The van der Waals surface area contributed by atoms with Gasteiger partial charge in [-0.25, -0.2) is 0 Å². The van der Waals surface area contributed by atoms with Crippen LogP contribution in [0.2, 0.25) is 0 Å². The first-order chi connectivity index (χ1) is 8.19. The van der Waals surface area contributed by atoms with Crippen LogP contribution in [-0.4, -0.2) is 9.83 Å². The number of amides is 1. The maximum Gasteiger partial charge on any atom is 0.237 e. The third kappa shape index (κ3) is 4.50. The standard InChI is InChI=1S/C14H18INO/c1-3-5-8-11-9-6-7-10-13(11)16-14(17)12(15)4-2/h3,6-7,9-10,12H,1,4-5,8H2,2H3,(H,16,17). The molecule has 1 amide bonds. The molecule has 0 heterocycles. The summed E-state index contributed by atoms with van der Waals surface area (Å²) in [6, 6.07) is 7.94. The molecule has 1 aromatic carbocycles. The molecule has 1 atom stereocenters. The van der Waals surface area contributed by atoms with Crippen molar-refractivity contribution in [3.8, 4) is 0 Å². The predicted molar refractivity (Wildman–Crippen MR) is 81.7 cm³/mol. The number of allylic oxidation sites excluding steroid dienone is 1. The molecule has 17 heavy (non-hydrogen) atoms. The van der Waals surface area contributed by atoms with Gasteiger partial charge in [0.15, 0.2) is 0 Å². The molecule has 0 aromatic heterocycles. The van der Waals surface area contributed by atoms with Crippen LogP contribution in [0.25, 0.3) is 0 Å². The Labute approximate surface area is 117 Å². The van der Waals surface area contributed by atoms with Crippen molar-refractivity contribution >= 4 is 34.2 Å². The van der Waals surface area contributed by atoms with Crippen LogP contribution in [0.1, 0.15) is 25.3 Å². The fraction of sp³-hybridized carbons (Fsp3) is 0.357. The van der Waals surface area contributed by atoms with Crippen molar-refractivity contribution in [2.45, 2.75) is 30.1 Å². The van der Waals surface area contributed by atoms with Crippen LogP contribution in [0.15, 0.2) is 36.9 Å². The molecule has 1 aromatic rings. The maximum absolute atomic E-state index is 11.8. The molecule has 0 saturated heterocycles. The predicted octanol–water partition coefficient (Wildman–Crippen LogP) is 3.96. The topological polar surface area (TPSA) is 29.1 Å². The molecule has 0 bridgehead atoms. The fourth-order valence-electron chi connectivity index (χ4n) is 1.51. The van der Waals surface area contributed by atoms with Crippen LogP contribution in [0.3, 0.4) is 0 Å². The Morgan fingerprint density at radius 2 is 2.24 bits per heavy atom. The molecule has 0 aliphatic rings. The van der Waals surface area contributed by atoms with E-state index in [4.69, 9.17) is 0 Å². The van der Waals surface area contributed by atoms with Crippen molar-refractivity contribution in [2.24, 2.45) is 0 Å². The van der Waals surface area contributed by atoms with E-state index < -0.39 is 0 Å². The second-order valence-corrected chi connectivity index (χ2v) is 5.35. The number of nitrogens with one attached hydrogen (secondary N) is 1. The zero-order valence-corrected chi connectivity index (χ0v) is 12.2. The third-order valence-corrected chi connectivity index (χ3v) is 3.98. The molecule has 2 nitrogen and oxygen atoms in total. The SMILES string of the molecule is C=CCCc1ccccc1NC(=O)C(I)CC. The average Bonchev–Trinajstić information content (AvgIpc) is 2.36. The summed E-state index contributed by atoms with van der Waals surface area (Å²) in [6.07, 6.45) is 4.58. The van der Waals surface area contributed by atoms with E-state index in [0.29, 0.717) is 0 Å². The monoisotopic (exact) mass is 343 g/mol. The van der Waals surface area contributed by atoms with Crippen LogP contribution < -0.4 is 5.32 Å². The van der Waals surface area contributed by atoms with Crippen LogP contribution >= 0.6 is 22.6 Å². The first-order valence-corrected chi connectivity index (χ1v) is 7.07. The van der Waals surface area contributed by atoms with E-state index in [0.717, 1.165) is 24.9 Å². The normalized spacial score (nSPS) is 11.9. The fourth-order valence-corrected chi connectivity index (χ4v) is 1.67. The first kappa shape index (κ1) is 14.2. The molecule has 1 rings (SSSR count). The molecule has 1 unspecified atom stereocenters. The zero-order chi connectivity index (χ0) is 12.7. The number of rotatable bonds is 6. The summed E-state index contributed by atoms with van der Waals surface area (Å²) >= 11 is 2.17. The number of para-hydroxylation sites is 1. The Bertz CT molecular complexity index is 390. The average molecular weight is 343 g/mol. The van der Waals surface area contributed by atoms with E-state index >= 15 is 0 Å². The zero-order valence-electron chi connectivity index (χ0n) is 10.1. The molecule has 0 fully saturated rings. The lowest BCUT2D eigenvalue weighted by Crippen LogP contribution is -2.22. The number of anilines is 1. The minimum Gasteiger partial charge on any atom is -0.325 e. The van der Waals surface area contributed by atoms with E-state index in [-0.39, 0.29) is 9.83 Å². The highest BCUT2D eigenvalue weighted by atomic mass is 127. The van der Waals surface area contributed by atoms with Crippen molar-refractivity contribution in [1.82, 2.24) is 0 Å². The molecular weight excluding hydrogens is 325 g/mol. The molecule has 0 radical (unpaired) electrons. The molecular formula is C14H18INO. The number of alkyl halides is 1. The summed E-state index contributed by atoms with van der Waals surface area (Å²) in [4.78, 5) is 11.8. The number of hydrogen-bond acceptors (Lipinski definition) is 1.